The highest BCUT2D eigenvalue weighted by Crippen LogP contribution is 2.36. The first kappa shape index (κ1) is 12.7. The zero-order chi connectivity index (χ0) is 13.8. The molecule has 1 fully saturated rings. The van der Waals surface area contributed by atoms with Crippen molar-refractivity contribution < 1.29 is 18.1 Å². The van der Waals surface area contributed by atoms with Gasteiger partial charge in [0.1, 0.15) is 5.66 Å². The average Bonchev–Trinajstić information content (AvgIpc) is 2.80. The Labute approximate surface area is 111 Å². The number of benzene rings is 1. The predicted molar refractivity (Wildman–Crippen MR) is 71.9 cm³/mol. The molecule has 0 radical (unpaired) electrons. The topological polar surface area (TPSA) is 31.6 Å². The van der Waals surface area contributed by atoms with Gasteiger partial charge in [-0.3, -0.25) is 0 Å². The zero-order valence-corrected chi connectivity index (χ0v) is 11.5. The molecule has 0 N–H and O–H groups in total. The van der Waals surface area contributed by atoms with Crippen molar-refractivity contribution in [2.24, 2.45) is 0 Å². The lowest BCUT2D eigenvalue weighted by Gasteiger charge is -2.32. The van der Waals surface area contributed by atoms with Crippen molar-refractivity contribution in [2.75, 3.05) is 0 Å². The van der Waals surface area contributed by atoms with Gasteiger partial charge in [-0.25, -0.2) is 4.39 Å². The molecule has 5 heteroatoms. The van der Waals surface area contributed by atoms with Crippen molar-refractivity contribution in [1.82, 2.24) is 0 Å². The second kappa shape index (κ2) is 3.84. The van der Waals surface area contributed by atoms with Gasteiger partial charge in [-0.2, -0.15) is 0 Å². The standard InChI is InChI=1S/C14H16BFO3/c1-13(2)14(3,4)19-15(18-13)11-8-9-6-5-7-10(16)12(9)17-11/h5-8H,1-4H3. The summed E-state index contributed by atoms with van der Waals surface area (Å²) in [5.74, 6) is -0.375. The van der Waals surface area contributed by atoms with E-state index in [2.05, 4.69) is 0 Å². The Hall–Kier alpha value is -1.33. The van der Waals surface area contributed by atoms with Crippen LogP contribution in [0, 0.1) is 5.82 Å². The van der Waals surface area contributed by atoms with Crippen LogP contribution in [0.4, 0.5) is 4.39 Å². The van der Waals surface area contributed by atoms with Crippen LogP contribution in [-0.4, -0.2) is 18.3 Å². The number of furan rings is 1. The maximum absolute atomic E-state index is 13.6. The zero-order valence-electron chi connectivity index (χ0n) is 11.5. The molecule has 2 aromatic rings. The van der Waals surface area contributed by atoms with E-state index in [1.807, 2.05) is 27.7 Å². The summed E-state index contributed by atoms with van der Waals surface area (Å²) in [7, 11) is -0.600. The molecule has 0 atom stereocenters. The summed E-state index contributed by atoms with van der Waals surface area (Å²) < 4.78 is 30.9. The van der Waals surface area contributed by atoms with Gasteiger partial charge in [0.15, 0.2) is 11.4 Å². The molecule has 19 heavy (non-hydrogen) atoms. The summed E-state index contributed by atoms with van der Waals surface area (Å²) >= 11 is 0. The minimum Gasteiger partial charge on any atom is -0.462 e. The Morgan fingerprint density at radius 3 is 2.26 bits per heavy atom. The van der Waals surface area contributed by atoms with Crippen LogP contribution in [0.25, 0.3) is 11.0 Å². The van der Waals surface area contributed by atoms with E-state index >= 15 is 0 Å². The van der Waals surface area contributed by atoms with Crippen molar-refractivity contribution in [2.45, 2.75) is 38.9 Å². The van der Waals surface area contributed by atoms with Crippen molar-refractivity contribution in [1.29, 1.82) is 0 Å². The molecule has 0 amide bonds. The van der Waals surface area contributed by atoms with E-state index in [9.17, 15) is 4.39 Å². The van der Waals surface area contributed by atoms with Gasteiger partial charge in [0.25, 0.3) is 0 Å². The number of hydrogen-bond donors (Lipinski definition) is 0. The summed E-state index contributed by atoms with van der Waals surface area (Å²) in [6, 6.07) is 6.60. The van der Waals surface area contributed by atoms with E-state index in [-0.39, 0.29) is 11.4 Å². The van der Waals surface area contributed by atoms with Gasteiger partial charge in [-0.15, -0.1) is 0 Å². The molecule has 1 aromatic carbocycles. The number of para-hydroxylation sites is 1. The Morgan fingerprint density at radius 1 is 1.05 bits per heavy atom. The maximum atomic E-state index is 13.6. The van der Waals surface area contributed by atoms with Crippen molar-refractivity contribution in [3.05, 3.63) is 30.1 Å². The fraction of sp³-hybridized carbons (Fsp3) is 0.429. The summed E-state index contributed by atoms with van der Waals surface area (Å²) in [5.41, 5.74) is -0.129. The Bertz CT molecular complexity index is 617. The minimum absolute atomic E-state index is 0.243. The number of rotatable bonds is 1. The lowest BCUT2D eigenvalue weighted by Crippen LogP contribution is -2.41. The molecule has 0 unspecified atom stereocenters. The minimum atomic E-state index is -0.600. The molecule has 1 aromatic heterocycles. The molecule has 1 aliphatic rings. The van der Waals surface area contributed by atoms with Crippen LogP contribution in [0.2, 0.25) is 0 Å². The third-order valence-electron chi connectivity index (χ3n) is 4.00. The van der Waals surface area contributed by atoms with Gasteiger partial charge >= 0.3 is 7.12 Å². The van der Waals surface area contributed by atoms with E-state index in [0.29, 0.717) is 11.0 Å². The van der Waals surface area contributed by atoms with Crippen LogP contribution in [0.5, 0.6) is 0 Å². The van der Waals surface area contributed by atoms with Gasteiger partial charge in [0.2, 0.25) is 0 Å². The molecule has 3 nitrogen and oxygen atoms in total. The first-order valence-electron chi connectivity index (χ1n) is 6.34. The van der Waals surface area contributed by atoms with E-state index < -0.39 is 18.3 Å². The van der Waals surface area contributed by atoms with Gasteiger partial charge < -0.3 is 13.7 Å². The van der Waals surface area contributed by atoms with E-state index in [1.54, 1.807) is 18.2 Å². The molecule has 100 valence electrons. The second-order valence-corrected chi connectivity index (χ2v) is 5.90. The average molecular weight is 262 g/mol. The van der Waals surface area contributed by atoms with Crippen LogP contribution in [-0.2, 0) is 9.31 Å². The Morgan fingerprint density at radius 2 is 1.68 bits per heavy atom. The van der Waals surface area contributed by atoms with Crippen molar-refractivity contribution in [3.8, 4) is 0 Å². The molecule has 1 aliphatic heterocycles. The highest BCUT2D eigenvalue weighted by molar-refractivity contribution is 6.61. The largest absolute Gasteiger partial charge is 0.532 e. The smallest absolute Gasteiger partial charge is 0.462 e. The second-order valence-electron chi connectivity index (χ2n) is 5.90. The Balaban J connectivity index is 2.01. The van der Waals surface area contributed by atoms with Crippen LogP contribution < -0.4 is 5.66 Å². The fourth-order valence-corrected chi connectivity index (χ4v) is 2.12. The van der Waals surface area contributed by atoms with Gasteiger partial charge in [-0.1, -0.05) is 12.1 Å². The van der Waals surface area contributed by atoms with Crippen LogP contribution in [0.1, 0.15) is 27.7 Å². The molecular formula is C14H16BFO3. The van der Waals surface area contributed by atoms with Crippen molar-refractivity contribution in [3.63, 3.8) is 0 Å². The maximum Gasteiger partial charge on any atom is 0.532 e. The molecule has 0 bridgehead atoms. The van der Waals surface area contributed by atoms with Crippen molar-refractivity contribution >= 4 is 23.7 Å². The van der Waals surface area contributed by atoms with Gasteiger partial charge in [-0.05, 0) is 39.8 Å². The van der Waals surface area contributed by atoms with E-state index in [0.717, 1.165) is 0 Å². The highest BCUT2D eigenvalue weighted by atomic mass is 19.1. The van der Waals surface area contributed by atoms with Crippen LogP contribution in [0.3, 0.4) is 0 Å². The normalized spacial score (nSPS) is 21.2. The van der Waals surface area contributed by atoms with Crippen LogP contribution >= 0.6 is 0 Å². The monoisotopic (exact) mass is 262 g/mol. The highest BCUT2D eigenvalue weighted by Gasteiger charge is 2.53. The molecule has 1 saturated heterocycles. The molecular weight excluding hydrogens is 246 g/mol. The van der Waals surface area contributed by atoms with Gasteiger partial charge in [0.05, 0.1) is 11.2 Å². The third kappa shape index (κ3) is 1.88. The summed E-state index contributed by atoms with van der Waals surface area (Å²) in [5, 5.41) is 0.713. The fourth-order valence-electron chi connectivity index (χ4n) is 2.12. The third-order valence-corrected chi connectivity index (χ3v) is 4.00. The lowest BCUT2D eigenvalue weighted by atomic mass is 9.86. The molecule has 3 rings (SSSR count). The summed E-state index contributed by atoms with van der Waals surface area (Å²) in [4.78, 5) is 0. The number of hydrogen-bond acceptors (Lipinski definition) is 3. The predicted octanol–water partition coefficient (Wildman–Crippen LogP) is 2.87. The van der Waals surface area contributed by atoms with E-state index in [4.69, 9.17) is 13.7 Å². The summed E-state index contributed by atoms with van der Waals surface area (Å²) in [6.07, 6.45) is 0. The van der Waals surface area contributed by atoms with Crippen LogP contribution in [0.15, 0.2) is 28.7 Å². The first-order valence-corrected chi connectivity index (χ1v) is 6.34. The molecule has 0 aliphatic carbocycles. The number of fused-ring (bicyclic) bond motifs is 1. The van der Waals surface area contributed by atoms with E-state index in [1.165, 1.54) is 6.07 Å². The van der Waals surface area contributed by atoms with Gasteiger partial charge in [0, 0.05) is 5.39 Å². The molecule has 0 saturated carbocycles. The summed E-state index contributed by atoms with van der Waals surface area (Å²) in [6.45, 7) is 7.87. The first-order chi connectivity index (χ1) is 8.80. The SMILES string of the molecule is CC1(C)OB(c2cc3cccc(F)c3o2)OC1(C)C. The number of halogens is 1. The molecule has 2 heterocycles. The molecule has 0 spiro atoms. The Kier molecular flexibility index (Phi) is 2.56. The lowest BCUT2D eigenvalue weighted by molar-refractivity contribution is 0.00578. The quantitative estimate of drug-likeness (QED) is 0.740.